The van der Waals surface area contributed by atoms with Crippen LogP contribution in [0.4, 0.5) is 5.13 Å². The first-order valence-electron chi connectivity index (χ1n) is 9.47. The van der Waals surface area contributed by atoms with E-state index in [0.717, 1.165) is 16.3 Å². The monoisotopic (exact) mass is 449 g/mol. The van der Waals surface area contributed by atoms with E-state index in [1.807, 2.05) is 6.07 Å². The summed E-state index contributed by atoms with van der Waals surface area (Å²) in [7, 11) is 0. The highest BCUT2D eigenvalue weighted by Gasteiger charge is 2.18. The van der Waals surface area contributed by atoms with Crippen LogP contribution in [0.3, 0.4) is 0 Å². The molecule has 11 heteroatoms. The number of aromatic amines is 1. The molecule has 4 heterocycles. The number of anilines is 1. The van der Waals surface area contributed by atoms with Gasteiger partial charge in [0.25, 0.3) is 11.5 Å². The van der Waals surface area contributed by atoms with Crippen LogP contribution in [0.25, 0.3) is 11.3 Å². The molecule has 0 saturated heterocycles. The van der Waals surface area contributed by atoms with Crippen LogP contribution in [0, 0.1) is 0 Å². The third-order valence-corrected chi connectivity index (χ3v) is 5.52. The molecular formula is C21H15N5O5S. The number of carbonyl (C=O) groups excluding carboxylic acids is 1. The van der Waals surface area contributed by atoms with E-state index >= 15 is 0 Å². The molecule has 2 N–H and O–H groups in total. The molecule has 160 valence electrons. The predicted molar refractivity (Wildman–Crippen MR) is 116 cm³/mol. The Balaban J connectivity index is 1.38. The van der Waals surface area contributed by atoms with Gasteiger partial charge in [-0.1, -0.05) is 6.07 Å². The zero-order valence-corrected chi connectivity index (χ0v) is 17.2. The Morgan fingerprint density at radius 1 is 1.22 bits per heavy atom. The Labute approximate surface area is 184 Å². The number of benzene rings is 1. The molecule has 10 nitrogen and oxygen atoms in total. The lowest BCUT2D eigenvalue weighted by molar-refractivity contribution is 0.102. The Morgan fingerprint density at radius 2 is 2.09 bits per heavy atom. The minimum atomic E-state index is -0.715. The van der Waals surface area contributed by atoms with E-state index in [4.69, 9.17) is 9.47 Å². The van der Waals surface area contributed by atoms with Crippen molar-refractivity contribution in [2.45, 2.75) is 6.54 Å². The van der Waals surface area contributed by atoms with Gasteiger partial charge in [-0.15, -0.1) is 11.3 Å². The molecule has 0 bridgehead atoms. The van der Waals surface area contributed by atoms with Gasteiger partial charge in [-0.2, -0.15) is 0 Å². The number of carbonyl (C=O) groups is 1. The van der Waals surface area contributed by atoms with Crippen LogP contribution < -0.4 is 26.0 Å². The molecule has 1 aliphatic rings. The van der Waals surface area contributed by atoms with E-state index in [2.05, 4.69) is 20.3 Å². The number of rotatable bonds is 5. The van der Waals surface area contributed by atoms with Gasteiger partial charge in [0.2, 0.25) is 6.79 Å². The van der Waals surface area contributed by atoms with Crippen molar-refractivity contribution in [2.24, 2.45) is 0 Å². The van der Waals surface area contributed by atoms with Crippen molar-refractivity contribution in [2.75, 3.05) is 12.1 Å². The van der Waals surface area contributed by atoms with Crippen molar-refractivity contribution in [1.29, 1.82) is 0 Å². The summed E-state index contributed by atoms with van der Waals surface area (Å²) in [5, 5.41) is 4.71. The number of fused-ring (bicyclic) bond motifs is 1. The number of nitrogens with one attached hydrogen (secondary N) is 2. The van der Waals surface area contributed by atoms with E-state index in [1.54, 1.807) is 42.0 Å². The second-order valence-electron chi connectivity index (χ2n) is 6.82. The van der Waals surface area contributed by atoms with Crippen LogP contribution >= 0.6 is 11.3 Å². The van der Waals surface area contributed by atoms with Gasteiger partial charge in [0.1, 0.15) is 5.56 Å². The Kier molecular flexibility index (Phi) is 5.00. The van der Waals surface area contributed by atoms with Gasteiger partial charge in [-0.25, -0.2) is 9.78 Å². The topological polar surface area (TPSA) is 128 Å². The highest BCUT2D eigenvalue weighted by molar-refractivity contribution is 7.14. The van der Waals surface area contributed by atoms with E-state index in [0.29, 0.717) is 27.9 Å². The number of pyridine rings is 1. The van der Waals surface area contributed by atoms with Crippen LogP contribution in [-0.2, 0) is 6.54 Å². The van der Waals surface area contributed by atoms with Crippen LogP contribution in [0.5, 0.6) is 11.5 Å². The zero-order valence-electron chi connectivity index (χ0n) is 16.4. The minimum Gasteiger partial charge on any atom is -0.454 e. The molecule has 0 atom stereocenters. The summed E-state index contributed by atoms with van der Waals surface area (Å²) in [6.45, 7) is 0.0859. The van der Waals surface area contributed by atoms with Crippen molar-refractivity contribution >= 4 is 22.4 Å². The van der Waals surface area contributed by atoms with Gasteiger partial charge in [-0.3, -0.25) is 24.5 Å². The molecule has 1 aliphatic heterocycles. The lowest BCUT2D eigenvalue weighted by Gasteiger charge is -2.08. The van der Waals surface area contributed by atoms with Gasteiger partial charge < -0.3 is 14.5 Å². The average Bonchev–Trinajstić information content (AvgIpc) is 3.46. The fourth-order valence-electron chi connectivity index (χ4n) is 3.18. The minimum absolute atomic E-state index is 0.0334. The quantitative estimate of drug-likeness (QED) is 0.477. The molecule has 0 aliphatic carbocycles. The third kappa shape index (κ3) is 3.76. The predicted octanol–water partition coefficient (Wildman–Crippen LogP) is 2.08. The van der Waals surface area contributed by atoms with Crippen molar-refractivity contribution in [3.8, 4) is 22.8 Å². The normalized spacial score (nSPS) is 12.0. The molecule has 4 aromatic rings. The molecule has 1 aromatic carbocycles. The van der Waals surface area contributed by atoms with E-state index in [9.17, 15) is 14.4 Å². The summed E-state index contributed by atoms with van der Waals surface area (Å²) in [6, 6.07) is 8.76. The van der Waals surface area contributed by atoms with Crippen molar-refractivity contribution in [3.63, 3.8) is 0 Å². The summed E-state index contributed by atoms with van der Waals surface area (Å²) in [5.74, 6) is 0.462. The number of nitrogens with zero attached hydrogens (tertiary/aromatic N) is 3. The molecular weight excluding hydrogens is 434 g/mol. The second kappa shape index (κ2) is 8.12. The van der Waals surface area contributed by atoms with Crippen molar-refractivity contribution in [1.82, 2.24) is 19.5 Å². The number of hydrogen-bond acceptors (Lipinski definition) is 8. The van der Waals surface area contributed by atoms with E-state index < -0.39 is 17.2 Å². The fraction of sp³-hybridized carbons (Fsp3) is 0.0952. The fourth-order valence-corrected chi connectivity index (χ4v) is 3.90. The van der Waals surface area contributed by atoms with E-state index in [-0.39, 0.29) is 18.9 Å². The maximum atomic E-state index is 12.9. The third-order valence-electron chi connectivity index (χ3n) is 4.76. The first-order chi connectivity index (χ1) is 15.6. The molecule has 0 unspecified atom stereocenters. The standard InChI is InChI=1S/C21H15N5O5S/c27-18(25-20-24-15(10-32-20)13-2-1-5-22-7-13)14-8-23-21(29)26(19(14)28)9-12-3-4-16-17(6-12)31-11-30-16/h1-8,10H,9,11H2,(H,23,29)(H,24,25,27). The summed E-state index contributed by atoms with van der Waals surface area (Å²) in [6.07, 6.45) is 4.42. The SMILES string of the molecule is O=C(Nc1nc(-c2cccnc2)cs1)c1c[nH]c(=O)n(Cc2ccc3c(c2)OCO3)c1=O. The summed E-state index contributed by atoms with van der Waals surface area (Å²) in [4.78, 5) is 48.7. The largest absolute Gasteiger partial charge is 0.454 e. The van der Waals surface area contributed by atoms with Crippen LogP contribution in [0.15, 0.2) is 63.9 Å². The van der Waals surface area contributed by atoms with Gasteiger partial charge in [0, 0.05) is 29.5 Å². The van der Waals surface area contributed by atoms with Gasteiger partial charge in [0.05, 0.1) is 12.2 Å². The average molecular weight is 449 g/mol. The van der Waals surface area contributed by atoms with Crippen molar-refractivity contribution < 1.29 is 14.3 Å². The van der Waals surface area contributed by atoms with Crippen LogP contribution in [0.1, 0.15) is 15.9 Å². The molecule has 3 aromatic heterocycles. The van der Waals surface area contributed by atoms with Crippen LogP contribution in [-0.4, -0.2) is 32.2 Å². The molecule has 1 amide bonds. The molecule has 0 radical (unpaired) electrons. The highest BCUT2D eigenvalue weighted by Crippen LogP contribution is 2.32. The lowest BCUT2D eigenvalue weighted by atomic mass is 10.2. The first-order valence-corrected chi connectivity index (χ1v) is 10.3. The summed E-state index contributed by atoms with van der Waals surface area (Å²) >= 11 is 1.22. The smallest absolute Gasteiger partial charge is 0.328 e. The van der Waals surface area contributed by atoms with E-state index in [1.165, 1.54) is 11.3 Å². The number of ether oxygens (including phenoxy) is 2. The van der Waals surface area contributed by atoms with Gasteiger partial charge in [-0.05, 0) is 29.8 Å². The second-order valence-corrected chi connectivity index (χ2v) is 7.68. The number of aromatic nitrogens is 4. The summed E-state index contributed by atoms with van der Waals surface area (Å²) < 4.78 is 11.6. The summed E-state index contributed by atoms with van der Waals surface area (Å²) in [5.41, 5.74) is 0.564. The number of thiazole rings is 1. The molecule has 5 rings (SSSR count). The lowest BCUT2D eigenvalue weighted by Crippen LogP contribution is -2.39. The number of H-pyrrole nitrogens is 1. The Hall–Kier alpha value is -4.25. The Bertz CT molecular complexity index is 1430. The first kappa shape index (κ1) is 19.7. The number of hydrogen-bond donors (Lipinski definition) is 2. The maximum absolute atomic E-state index is 12.9. The Morgan fingerprint density at radius 3 is 2.94 bits per heavy atom. The molecule has 0 saturated carbocycles. The molecule has 32 heavy (non-hydrogen) atoms. The number of amides is 1. The van der Waals surface area contributed by atoms with Crippen LogP contribution in [0.2, 0.25) is 0 Å². The zero-order chi connectivity index (χ0) is 22.1. The van der Waals surface area contributed by atoms with Gasteiger partial charge >= 0.3 is 5.69 Å². The highest BCUT2D eigenvalue weighted by atomic mass is 32.1. The van der Waals surface area contributed by atoms with Crippen molar-refractivity contribution in [3.05, 3.63) is 86.3 Å². The van der Waals surface area contributed by atoms with Gasteiger partial charge in [0.15, 0.2) is 16.6 Å². The molecule has 0 fully saturated rings. The molecule has 0 spiro atoms. The maximum Gasteiger partial charge on any atom is 0.328 e.